The summed E-state index contributed by atoms with van der Waals surface area (Å²) in [5, 5.41) is 5.29. The lowest BCUT2D eigenvalue weighted by Crippen LogP contribution is -2.40. The number of hydrogen-bond donors (Lipinski definition) is 2. The Morgan fingerprint density at radius 2 is 1.95 bits per heavy atom. The Morgan fingerprint density at radius 3 is 2.67 bits per heavy atom. The van der Waals surface area contributed by atoms with Crippen LogP contribution in [0.3, 0.4) is 0 Å². The summed E-state index contributed by atoms with van der Waals surface area (Å²) in [7, 11) is 0. The summed E-state index contributed by atoms with van der Waals surface area (Å²) in [6.07, 6.45) is 2.73. The van der Waals surface area contributed by atoms with Gasteiger partial charge in [-0.05, 0) is 40.8 Å². The van der Waals surface area contributed by atoms with E-state index in [0.29, 0.717) is 13.0 Å². The maximum Gasteiger partial charge on any atom is 0.237 e. The highest BCUT2D eigenvalue weighted by Gasteiger charge is 2.12. The third-order valence-electron chi connectivity index (χ3n) is 3.25. The van der Waals surface area contributed by atoms with Crippen molar-refractivity contribution in [2.45, 2.75) is 19.0 Å². The Labute approximate surface area is 136 Å². The van der Waals surface area contributed by atoms with Crippen molar-refractivity contribution >= 4 is 40.8 Å². The number of nitrogens with two attached hydrogens (primary N) is 1. The topological polar surface area (TPSA) is 55.1 Å². The first kappa shape index (κ1) is 17.8. The number of rotatable bonds is 6. The zero-order valence-electron chi connectivity index (χ0n) is 12.0. The lowest BCUT2D eigenvalue weighted by molar-refractivity contribution is -0.122. The van der Waals surface area contributed by atoms with Gasteiger partial charge in [-0.15, -0.1) is 12.4 Å². The first-order valence-corrected chi connectivity index (χ1v) is 8.10. The molecule has 3 N–H and O–H groups in total. The molecule has 1 amide bonds. The lowest BCUT2D eigenvalue weighted by Gasteiger charge is -2.12. The fourth-order valence-electron chi connectivity index (χ4n) is 2.04. The first-order chi connectivity index (χ1) is 9.70. The van der Waals surface area contributed by atoms with Gasteiger partial charge < -0.3 is 11.1 Å². The summed E-state index contributed by atoms with van der Waals surface area (Å²) in [4.78, 5) is 11.8. The van der Waals surface area contributed by atoms with Crippen LogP contribution in [0.15, 0.2) is 42.5 Å². The second kappa shape index (κ2) is 8.93. The SMILES string of the molecule is CSCC[C@H](N)C(=O)NCc1ccc2ccccc2c1.Cl. The van der Waals surface area contributed by atoms with Crippen molar-refractivity contribution in [1.29, 1.82) is 0 Å². The van der Waals surface area contributed by atoms with Gasteiger partial charge in [-0.1, -0.05) is 36.4 Å². The molecule has 0 aliphatic rings. The Hall–Kier alpha value is -1.23. The molecular formula is C16H21ClN2OS. The van der Waals surface area contributed by atoms with Crippen molar-refractivity contribution in [2.75, 3.05) is 12.0 Å². The first-order valence-electron chi connectivity index (χ1n) is 6.70. The largest absolute Gasteiger partial charge is 0.351 e. The molecule has 0 aromatic heterocycles. The fraction of sp³-hybridized carbons (Fsp3) is 0.312. The number of hydrogen-bond acceptors (Lipinski definition) is 3. The second-order valence-corrected chi connectivity index (χ2v) is 5.77. The van der Waals surface area contributed by atoms with Gasteiger partial charge in [-0.25, -0.2) is 0 Å². The summed E-state index contributed by atoms with van der Waals surface area (Å²) in [6, 6.07) is 14.0. The van der Waals surface area contributed by atoms with E-state index < -0.39 is 6.04 Å². The maximum absolute atomic E-state index is 11.8. The molecule has 5 heteroatoms. The molecule has 0 aliphatic heterocycles. The summed E-state index contributed by atoms with van der Waals surface area (Å²) >= 11 is 1.70. The molecular weight excluding hydrogens is 304 g/mol. The van der Waals surface area contributed by atoms with E-state index in [1.54, 1.807) is 11.8 Å². The minimum atomic E-state index is -0.414. The molecule has 2 aromatic rings. The zero-order chi connectivity index (χ0) is 14.4. The van der Waals surface area contributed by atoms with E-state index in [1.165, 1.54) is 10.8 Å². The molecule has 0 unspecified atom stereocenters. The van der Waals surface area contributed by atoms with Gasteiger partial charge in [0.05, 0.1) is 6.04 Å². The number of nitrogens with one attached hydrogen (secondary N) is 1. The van der Waals surface area contributed by atoms with Crippen molar-refractivity contribution < 1.29 is 4.79 Å². The smallest absolute Gasteiger partial charge is 0.237 e. The second-order valence-electron chi connectivity index (χ2n) is 4.79. The standard InChI is InChI=1S/C16H20N2OS.ClH/c1-20-9-8-15(17)16(19)18-11-12-6-7-13-4-2-3-5-14(13)10-12;/h2-7,10,15H,8-9,11,17H2,1H3,(H,18,19);1H/t15-;/m0./s1. The Morgan fingerprint density at radius 1 is 1.24 bits per heavy atom. The molecule has 1 atom stereocenters. The Bertz CT molecular complexity index is 591. The summed E-state index contributed by atoms with van der Waals surface area (Å²) < 4.78 is 0. The van der Waals surface area contributed by atoms with Crippen LogP contribution < -0.4 is 11.1 Å². The van der Waals surface area contributed by atoms with Gasteiger partial charge in [0.25, 0.3) is 0 Å². The average Bonchev–Trinajstić information content (AvgIpc) is 2.50. The van der Waals surface area contributed by atoms with E-state index >= 15 is 0 Å². The summed E-state index contributed by atoms with van der Waals surface area (Å²) in [5.41, 5.74) is 6.92. The maximum atomic E-state index is 11.8. The molecule has 0 fully saturated rings. The van der Waals surface area contributed by atoms with E-state index in [0.717, 1.165) is 11.3 Å². The van der Waals surface area contributed by atoms with Crippen LogP contribution in [0, 0.1) is 0 Å². The predicted molar refractivity (Wildman–Crippen MR) is 94.0 cm³/mol. The molecule has 21 heavy (non-hydrogen) atoms. The number of benzene rings is 2. The van der Waals surface area contributed by atoms with E-state index in [4.69, 9.17) is 5.73 Å². The minimum Gasteiger partial charge on any atom is -0.351 e. The highest BCUT2D eigenvalue weighted by Crippen LogP contribution is 2.15. The Balaban J connectivity index is 0.00000220. The van der Waals surface area contributed by atoms with Crippen LogP contribution >= 0.6 is 24.2 Å². The number of carbonyl (C=O) groups is 1. The summed E-state index contributed by atoms with van der Waals surface area (Å²) in [5.74, 6) is 0.831. The highest BCUT2D eigenvalue weighted by atomic mass is 35.5. The van der Waals surface area contributed by atoms with Gasteiger partial charge in [0.1, 0.15) is 0 Å². The van der Waals surface area contributed by atoms with Gasteiger partial charge >= 0.3 is 0 Å². The molecule has 0 spiro atoms. The van der Waals surface area contributed by atoms with Gasteiger partial charge in [0.2, 0.25) is 5.91 Å². The number of fused-ring (bicyclic) bond motifs is 1. The number of halogens is 1. The lowest BCUT2D eigenvalue weighted by atomic mass is 10.1. The molecule has 0 aliphatic carbocycles. The van der Waals surface area contributed by atoms with E-state index in [1.807, 2.05) is 24.5 Å². The minimum absolute atomic E-state index is 0. The van der Waals surface area contributed by atoms with Crippen molar-refractivity contribution in [3.05, 3.63) is 48.0 Å². The number of thioether (sulfide) groups is 1. The van der Waals surface area contributed by atoms with Gasteiger partial charge in [0, 0.05) is 6.54 Å². The molecule has 2 aromatic carbocycles. The van der Waals surface area contributed by atoms with Crippen LogP contribution in [0.2, 0.25) is 0 Å². The normalized spacial score (nSPS) is 11.7. The summed E-state index contributed by atoms with van der Waals surface area (Å²) in [6.45, 7) is 0.524. The van der Waals surface area contributed by atoms with Gasteiger partial charge in [0.15, 0.2) is 0 Å². The van der Waals surface area contributed by atoms with Crippen molar-refractivity contribution in [1.82, 2.24) is 5.32 Å². The molecule has 114 valence electrons. The molecule has 0 saturated heterocycles. The van der Waals surface area contributed by atoms with Gasteiger partial charge in [-0.3, -0.25) is 4.79 Å². The molecule has 0 bridgehead atoms. The van der Waals surface area contributed by atoms with Crippen molar-refractivity contribution in [2.24, 2.45) is 5.73 Å². The van der Waals surface area contributed by atoms with E-state index in [-0.39, 0.29) is 18.3 Å². The highest BCUT2D eigenvalue weighted by molar-refractivity contribution is 7.98. The molecule has 0 heterocycles. The molecule has 0 saturated carbocycles. The van der Waals surface area contributed by atoms with Crippen LogP contribution in [-0.2, 0) is 11.3 Å². The average molecular weight is 325 g/mol. The van der Waals surface area contributed by atoms with E-state index in [9.17, 15) is 4.79 Å². The van der Waals surface area contributed by atoms with Crippen LogP contribution in [0.5, 0.6) is 0 Å². The van der Waals surface area contributed by atoms with Crippen molar-refractivity contribution in [3.63, 3.8) is 0 Å². The van der Waals surface area contributed by atoms with Crippen LogP contribution in [-0.4, -0.2) is 24.0 Å². The molecule has 0 radical (unpaired) electrons. The zero-order valence-corrected chi connectivity index (χ0v) is 13.7. The fourth-order valence-corrected chi connectivity index (χ4v) is 2.53. The predicted octanol–water partition coefficient (Wildman–Crippen LogP) is 2.96. The number of carbonyl (C=O) groups excluding carboxylic acids is 1. The monoisotopic (exact) mass is 324 g/mol. The molecule has 3 nitrogen and oxygen atoms in total. The van der Waals surface area contributed by atoms with E-state index in [2.05, 4.69) is 29.6 Å². The quantitative estimate of drug-likeness (QED) is 0.859. The third kappa shape index (κ3) is 5.23. The van der Waals surface area contributed by atoms with Crippen molar-refractivity contribution in [3.8, 4) is 0 Å². The Kier molecular flexibility index (Phi) is 7.57. The van der Waals surface area contributed by atoms with Crippen LogP contribution in [0.4, 0.5) is 0 Å². The third-order valence-corrected chi connectivity index (χ3v) is 3.89. The van der Waals surface area contributed by atoms with Gasteiger partial charge in [-0.2, -0.15) is 11.8 Å². The van der Waals surface area contributed by atoms with Crippen LogP contribution in [0.25, 0.3) is 10.8 Å². The van der Waals surface area contributed by atoms with Crippen LogP contribution in [0.1, 0.15) is 12.0 Å². The molecule has 2 rings (SSSR count). The number of amides is 1.